The van der Waals surface area contributed by atoms with Crippen molar-refractivity contribution < 1.29 is 0 Å². The molecule has 2 aliphatic heterocycles. The van der Waals surface area contributed by atoms with Crippen molar-refractivity contribution in [2.45, 2.75) is 68.9 Å². The van der Waals surface area contributed by atoms with Crippen molar-refractivity contribution in [1.29, 1.82) is 0 Å². The third-order valence-electron chi connectivity index (χ3n) is 24.9. The lowest BCUT2D eigenvalue weighted by Crippen LogP contribution is -2.43. The molecule has 2 spiro atoms. The van der Waals surface area contributed by atoms with Crippen LogP contribution in [0.2, 0.25) is 0 Å². The summed E-state index contributed by atoms with van der Waals surface area (Å²) in [5, 5.41) is 4.57. The number of nitrogens with zero attached hydrogens (tertiary/aromatic N) is 4. The Morgan fingerprint density at radius 1 is 0.202 bits per heavy atom. The molecule has 2 aromatic heterocycles. The molecule has 1 unspecified atom stereocenters. The van der Waals surface area contributed by atoms with Gasteiger partial charge in [-0.15, -0.1) is 0 Å². The zero-order chi connectivity index (χ0) is 76.0. The van der Waals surface area contributed by atoms with Crippen LogP contribution in [0, 0.1) is 0 Å². The molecule has 0 amide bonds. The molecule has 0 radical (unpaired) electrons. The minimum Gasteiger partial charge on any atom is -0.228 e. The standard InChI is InChI=1S/C108H74N4S2/c1-105(2)83-40-13-15-42-85(83)107(88-44-17-20-48-98(88)113-99-49-21-18-45-89(99)107)87-57-54-73(63-93(87)105)71-33-23-36-77(61-71)96-65-94(68-28-7-5-8-29-68)111-104(112-96)82-39-25-35-75-59-72(53-56-80(75)82)74-55-58-91-101(64-74)114-100-50-22-19-46-90(100)108(91)86-43-16-14-41-84(86)106(3,4)102-81(38-26-47-92(102)108)76-34-24-37-78(62-76)95-66-97(110-103(109-95)69-30-9-6-10-31-69)79-52-51-67-27-11-12-32-70(67)60-79/h5-66H,1-4H3. The van der Waals surface area contributed by atoms with Gasteiger partial charge < -0.3 is 0 Å². The second kappa shape index (κ2) is 26.3. The molecule has 0 N–H and O–H groups in total. The van der Waals surface area contributed by atoms with Crippen LogP contribution in [0.25, 0.3) is 123 Å². The lowest BCUT2D eigenvalue weighted by molar-refractivity contribution is 0.549. The van der Waals surface area contributed by atoms with Crippen LogP contribution in [0.5, 0.6) is 0 Å². The summed E-state index contributed by atoms with van der Waals surface area (Å²) in [6.45, 7) is 9.68. The molecule has 16 aromatic carbocycles. The van der Waals surface area contributed by atoms with Crippen LogP contribution in [0.3, 0.4) is 0 Å². The number of benzene rings is 16. The smallest absolute Gasteiger partial charge is 0.161 e. The van der Waals surface area contributed by atoms with E-state index in [1.54, 1.807) is 0 Å². The zero-order valence-corrected chi connectivity index (χ0v) is 65.0. The molecule has 114 heavy (non-hydrogen) atoms. The van der Waals surface area contributed by atoms with E-state index in [1.807, 2.05) is 29.6 Å². The Kier molecular flexibility index (Phi) is 15.6. The molecular formula is C108H74N4S2. The summed E-state index contributed by atoms with van der Waals surface area (Å²) in [6.07, 6.45) is 0. The van der Waals surface area contributed by atoms with Gasteiger partial charge in [0.2, 0.25) is 0 Å². The molecule has 4 aliphatic rings. The molecule has 4 heterocycles. The van der Waals surface area contributed by atoms with E-state index in [0.717, 1.165) is 89.2 Å². The van der Waals surface area contributed by atoms with Gasteiger partial charge in [-0.05, 0) is 188 Å². The maximum Gasteiger partial charge on any atom is 0.161 e. The first kappa shape index (κ1) is 67.8. The fraction of sp³-hybridized carbons (Fsp3) is 0.0741. The van der Waals surface area contributed by atoms with Crippen molar-refractivity contribution in [1.82, 2.24) is 19.9 Å². The van der Waals surface area contributed by atoms with Gasteiger partial charge in [0, 0.05) is 63.8 Å². The van der Waals surface area contributed by atoms with Gasteiger partial charge in [-0.2, -0.15) is 0 Å². The first-order valence-corrected chi connectivity index (χ1v) is 41.0. The number of rotatable bonds is 9. The Bertz CT molecular complexity index is 6970. The fourth-order valence-electron chi connectivity index (χ4n) is 19.6. The summed E-state index contributed by atoms with van der Waals surface area (Å²) in [4.78, 5) is 26.8. The van der Waals surface area contributed by atoms with E-state index in [4.69, 9.17) is 19.9 Å². The summed E-state index contributed by atoms with van der Waals surface area (Å²) >= 11 is 3.77. The number of hydrogen-bond donors (Lipinski definition) is 0. The largest absolute Gasteiger partial charge is 0.228 e. The van der Waals surface area contributed by atoms with Gasteiger partial charge >= 0.3 is 0 Å². The summed E-state index contributed by atoms with van der Waals surface area (Å²) in [5.41, 5.74) is 30.5. The van der Waals surface area contributed by atoms with Crippen molar-refractivity contribution in [2.75, 3.05) is 0 Å². The van der Waals surface area contributed by atoms with Crippen LogP contribution in [-0.4, -0.2) is 19.9 Å². The normalized spacial score (nSPS) is 15.4. The molecule has 2 aliphatic carbocycles. The molecule has 6 heteroatoms. The lowest BCUT2D eigenvalue weighted by Gasteiger charge is -2.51. The van der Waals surface area contributed by atoms with Crippen molar-refractivity contribution >= 4 is 45.1 Å². The van der Waals surface area contributed by atoms with E-state index < -0.39 is 16.2 Å². The van der Waals surface area contributed by atoms with Gasteiger partial charge in [-0.1, -0.05) is 361 Å². The van der Waals surface area contributed by atoms with E-state index in [0.29, 0.717) is 11.6 Å². The van der Waals surface area contributed by atoms with Crippen LogP contribution in [0.1, 0.15) is 94.5 Å². The number of aromatic nitrogens is 4. The lowest BCUT2D eigenvalue weighted by atomic mass is 9.53. The second-order valence-electron chi connectivity index (χ2n) is 31.9. The minimum absolute atomic E-state index is 0.292. The van der Waals surface area contributed by atoms with Gasteiger partial charge in [0.15, 0.2) is 11.6 Å². The molecule has 1 atom stereocenters. The highest BCUT2D eigenvalue weighted by atomic mass is 32.2. The minimum atomic E-state index is -0.658. The van der Waals surface area contributed by atoms with Crippen LogP contribution in [0.4, 0.5) is 0 Å². The second-order valence-corrected chi connectivity index (χ2v) is 34.0. The van der Waals surface area contributed by atoms with E-state index in [9.17, 15) is 0 Å². The molecule has 538 valence electrons. The molecule has 0 saturated heterocycles. The molecule has 18 aromatic rings. The first-order valence-electron chi connectivity index (χ1n) is 39.4. The van der Waals surface area contributed by atoms with Crippen LogP contribution in [0.15, 0.2) is 396 Å². The molecular weight excluding hydrogens is 1420 g/mol. The maximum atomic E-state index is 5.58. The van der Waals surface area contributed by atoms with Crippen molar-refractivity contribution in [3.63, 3.8) is 0 Å². The highest BCUT2D eigenvalue weighted by Gasteiger charge is 2.54. The van der Waals surface area contributed by atoms with Crippen LogP contribution >= 0.6 is 23.5 Å². The Hall–Kier alpha value is -13.1. The quantitative estimate of drug-likeness (QED) is 0.144. The Labute approximate surface area is 673 Å². The summed E-state index contributed by atoms with van der Waals surface area (Å²) < 4.78 is 0. The van der Waals surface area contributed by atoms with Crippen molar-refractivity contribution in [3.8, 4) is 101 Å². The molecule has 0 saturated carbocycles. The van der Waals surface area contributed by atoms with Gasteiger partial charge in [-0.3, -0.25) is 0 Å². The van der Waals surface area contributed by atoms with Gasteiger partial charge in [-0.25, -0.2) is 19.9 Å². The average molecular weight is 1490 g/mol. The zero-order valence-electron chi connectivity index (χ0n) is 63.4. The summed E-state index contributed by atoms with van der Waals surface area (Å²) in [5.74, 6) is 1.37. The molecule has 0 bridgehead atoms. The van der Waals surface area contributed by atoms with E-state index in [-0.39, 0.29) is 5.41 Å². The van der Waals surface area contributed by atoms with E-state index in [1.165, 1.54) is 108 Å². The van der Waals surface area contributed by atoms with Crippen molar-refractivity contribution in [3.05, 3.63) is 443 Å². The highest BCUT2D eigenvalue weighted by Crippen LogP contribution is 2.65. The first-order chi connectivity index (χ1) is 56.0. The summed E-state index contributed by atoms with van der Waals surface area (Å²) in [6, 6.07) is 139. The van der Waals surface area contributed by atoms with Crippen LogP contribution < -0.4 is 0 Å². The average Bonchev–Trinajstić information content (AvgIpc) is 0.677. The summed E-state index contributed by atoms with van der Waals surface area (Å²) in [7, 11) is 0. The third kappa shape index (κ3) is 10.5. The topological polar surface area (TPSA) is 51.6 Å². The monoisotopic (exact) mass is 1490 g/mol. The van der Waals surface area contributed by atoms with E-state index in [2.05, 4.69) is 398 Å². The van der Waals surface area contributed by atoms with E-state index >= 15 is 0 Å². The predicted molar refractivity (Wildman–Crippen MR) is 471 cm³/mol. The fourth-order valence-corrected chi connectivity index (χ4v) is 22.1. The Morgan fingerprint density at radius 3 is 1.25 bits per heavy atom. The van der Waals surface area contributed by atoms with Gasteiger partial charge in [0.25, 0.3) is 0 Å². The molecule has 4 nitrogen and oxygen atoms in total. The number of fused-ring (bicyclic) bond motifs is 18. The predicted octanol–water partition coefficient (Wildman–Crippen LogP) is 27.5. The van der Waals surface area contributed by atoms with Gasteiger partial charge in [0.1, 0.15) is 0 Å². The highest BCUT2D eigenvalue weighted by molar-refractivity contribution is 7.99. The van der Waals surface area contributed by atoms with Crippen molar-refractivity contribution in [2.24, 2.45) is 0 Å². The Morgan fingerprint density at radius 2 is 0.588 bits per heavy atom. The maximum absolute atomic E-state index is 5.58. The Balaban J connectivity index is 0.636. The number of hydrogen-bond acceptors (Lipinski definition) is 6. The van der Waals surface area contributed by atoms with Gasteiger partial charge in [0.05, 0.1) is 33.6 Å². The molecule has 0 fully saturated rings. The molecule has 22 rings (SSSR count). The third-order valence-corrected chi connectivity index (χ3v) is 27.2. The van der Waals surface area contributed by atoms with Crippen LogP contribution in [-0.2, 0) is 21.7 Å². The SMILES string of the molecule is CC1(C)c2ccccc2C2(c3ccccc3Sc3ccccc32)c2ccc(-c3cccc(-c4cc(-c5ccccc5)nc(-c5cccc6cc(-c7ccc8c(c7)Sc7ccccc7C87c8ccccc8C(C)(C)c8c(-c9cccc(-c%10cc(-c%11ccc%12ccccc%12c%11)nc(-c%11ccccc%11)n%10)c9)cccc87)ccc56)n4)c3)cc21.